The summed E-state index contributed by atoms with van der Waals surface area (Å²) in [6, 6.07) is 41.0. The average molecular weight is 538 g/mol. The van der Waals surface area contributed by atoms with Gasteiger partial charge >= 0.3 is 0 Å². The van der Waals surface area contributed by atoms with Gasteiger partial charge in [0, 0.05) is 50.6 Å². The van der Waals surface area contributed by atoms with Crippen LogP contribution in [0.4, 0.5) is 0 Å². The summed E-state index contributed by atoms with van der Waals surface area (Å²) in [5.74, 6) is 0.661. The van der Waals surface area contributed by atoms with E-state index in [4.69, 9.17) is 9.97 Å². The number of fused-ring (bicyclic) bond motifs is 8. The van der Waals surface area contributed by atoms with Gasteiger partial charge in [-0.2, -0.15) is 0 Å². The van der Waals surface area contributed by atoms with Crippen LogP contribution < -0.4 is 0 Å². The van der Waals surface area contributed by atoms with Crippen LogP contribution in [0.1, 0.15) is 0 Å². The van der Waals surface area contributed by atoms with Gasteiger partial charge in [0.1, 0.15) is 0 Å². The number of para-hydroxylation sites is 3. The van der Waals surface area contributed by atoms with Crippen LogP contribution in [0.15, 0.2) is 140 Å². The van der Waals surface area contributed by atoms with Gasteiger partial charge in [0.2, 0.25) is 0 Å². The minimum Gasteiger partial charge on any atom is -0.309 e. The smallest absolute Gasteiger partial charge is 0.160 e. The summed E-state index contributed by atoms with van der Waals surface area (Å²) in [6.07, 6.45) is 7.36. The Morgan fingerprint density at radius 1 is 0.452 bits per heavy atom. The van der Waals surface area contributed by atoms with Crippen molar-refractivity contribution >= 4 is 54.4 Å². The van der Waals surface area contributed by atoms with Gasteiger partial charge < -0.3 is 9.13 Å². The van der Waals surface area contributed by atoms with Gasteiger partial charge in [0.15, 0.2) is 5.82 Å². The number of nitrogens with zero attached hydrogens (tertiary/aromatic N) is 5. The molecule has 0 aliphatic carbocycles. The first-order valence-corrected chi connectivity index (χ1v) is 14.0. The molecule has 4 aromatic heterocycles. The highest BCUT2D eigenvalue weighted by atomic mass is 15.0. The fourth-order valence-electron chi connectivity index (χ4n) is 6.45. The van der Waals surface area contributed by atoms with Crippen LogP contribution in [0.2, 0.25) is 0 Å². The molecule has 0 N–H and O–H groups in total. The maximum Gasteiger partial charge on any atom is 0.160 e. The lowest BCUT2D eigenvalue weighted by Crippen LogP contribution is -1.98. The molecule has 0 aliphatic rings. The standard InChI is InChI=1S/C37H23N5/c1-2-10-26(11-3-1)42-34-15-7-4-12-28(34)30-17-16-24-19-35-32(20-31(24)36(30)42)29-13-5-6-14-33(29)41(35)27-22-39-37(40-23-27)25-9-8-18-38-21-25/h1-23H. The number of pyridine rings is 1. The second kappa shape index (κ2) is 8.85. The number of aromatic nitrogens is 5. The van der Waals surface area contributed by atoms with Gasteiger partial charge in [-0.05, 0) is 53.9 Å². The third kappa shape index (κ3) is 3.28. The molecule has 0 saturated carbocycles. The highest BCUT2D eigenvalue weighted by Crippen LogP contribution is 2.40. The van der Waals surface area contributed by atoms with E-state index < -0.39 is 0 Å². The SMILES string of the molecule is c1ccc(-n2c3ccccc3c3ccc4cc5c(cc4c32)c2ccccc2n5-c2cnc(-c3cccnc3)nc2)cc1. The van der Waals surface area contributed by atoms with Gasteiger partial charge in [0.25, 0.3) is 0 Å². The molecule has 9 rings (SSSR count). The first kappa shape index (κ1) is 22.9. The monoisotopic (exact) mass is 537 g/mol. The normalized spacial score (nSPS) is 11.8. The molecule has 9 aromatic rings. The van der Waals surface area contributed by atoms with Crippen molar-refractivity contribution in [3.05, 3.63) is 140 Å². The Labute approximate surface area is 241 Å². The predicted molar refractivity (Wildman–Crippen MR) is 171 cm³/mol. The molecule has 196 valence electrons. The third-order valence-electron chi connectivity index (χ3n) is 8.27. The zero-order valence-electron chi connectivity index (χ0n) is 22.5. The van der Waals surface area contributed by atoms with E-state index in [0.717, 1.165) is 28.0 Å². The predicted octanol–water partition coefficient (Wildman–Crippen LogP) is 8.89. The lowest BCUT2D eigenvalue weighted by molar-refractivity contribution is 1.08. The second-order valence-corrected chi connectivity index (χ2v) is 10.6. The molecule has 0 unspecified atom stereocenters. The minimum atomic E-state index is 0.661. The van der Waals surface area contributed by atoms with Crippen LogP contribution in [0, 0.1) is 0 Å². The third-order valence-corrected chi connectivity index (χ3v) is 8.27. The summed E-state index contributed by atoms with van der Waals surface area (Å²) in [5.41, 5.74) is 7.67. The van der Waals surface area contributed by atoms with E-state index >= 15 is 0 Å². The molecule has 0 atom stereocenters. The van der Waals surface area contributed by atoms with E-state index in [1.807, 2.05) is 24.5 Å². The minimum absolute atomic E-state index is 0.661. The van der Waals surface area contributed by atoms with E-state index in [1.165, 1.54) is 43.4 Å². The number of hydrogen-bond acceptors (Lipinski definition) is 3. The molecule has 4 heterocycles. The Bertz CT molecular complexity index is 2440. The average Bonchev–Trinajstić information content (AvgIpc) is 3.57. The van der Waals surface area contributed by atoms with Gasteiger partial charge in [-0.15, -0.1) is 0 Å². The molecule has 5 nitrogen and oxygen atoms in total. The van der Waals surface area contributed by atoms with Crippen molar-refractivity contribution in [3.63, 3.8) is 0 Å². The molecule has 42 heavy (non-hydrogen) atoms. The van der Waals surface area contributed by atoms with Crippen LogP contribution in [-0.2, 0) is 0 Å². The zero-order valence-corrected chi connectivity index (χ0v) is 22.5. The zero-order chi connectivity index (χ0) is 27.6. The van der Waals surface area contributed by atoms with Gasteiger partial charge in [-0.25, -0.2) is 9.97 Å². The van der Waals surface area contributed by atoms with Crippen molar-refractivity contribution in [1.82, 2.24) is 24.1 Å². The van der Waals surface area contributed by atoms with E-state index in [1.54, 1.807) is 12.4 Å². The largest absolute Gasteiger partial charge is 0.309 e. The highest BCUT2D eigenvalue weighted by Gasteiger charge is 2.18. The van der Waals surface area contributed by atoms with Crippen molar-refractivity contribution in [2.24, 2.45) is 0 Å². The van der Waals surface area contributed by atoms with E-state index in [9.17, 15) is 0 Å². The molecule has 5 heteroatoms. The first-order chi connectivity index (χ1) is 20.8. The Kier molecular flexibility index (Phi) is 4.83. The maximum absolute atomic E-state index is 4.72. The van der Waals surface area contributed by atoms with Crippen LogP contribution in [0.25, 0.3) is 77.1 Å². The molecule has 0 radical (unpaired) electrons. The van der Waals surface area contributed by atoms with Crippen LogP contribution >= 0.6 is 0 Å². The van der Waals surface area contributed by atoms with Gasteiger partial charge in [-0.1, -0.05) is 66.7 Å². The van der Waals surface area contributed by atoms with Crippen molar-refractivity contribution in [3.8, 4) is 22.8 Å². The summed E-state index contributed by atoms with van der Waals surface area (Å²) >= 11 is 0. The molecule has 0 fully saturated rings. The Morgan fingerprint density at radius 3 is 1.93 bits per heavy atom. The van der Waals surface area contributed by atoms with Crippen molar-refractivity contribution in [2.45, 2.75) is 0 Å². The van der Waals surface area contributed by atoms with Crippen molar-refractivity contribution in [1.29, 1.82) is 0 Å². The maximum atomic E-state index is 4.72. The molecule has 5 aromatic carbocycles. The van der Waals surface area contributed by atoms with Crippen LogP contribution in [-0.4, -0.2) is 24.1 Å². The Hall–Kier alpha value is -5.81. The Morgan fingerprint density at radius 2 is 1.17 bits per heavy atom. The molecule has 0 saturated heterocycles. The quantitative estimate of drug-likeness (QED) is 0.226. The molecule has 0 bridgehead atoms. The van der Waals surface area contributed by atoms with Crippen molar-refractivity contribution < 1.29 is 0 Å². The van der Waals surface area contributed by atoms with Crippen molar-refractivity contribution in [2.75, 3.05) is 0 Å². The molecule has 0 amide bonds. The summed E-state index contributed by atoms with van der Waals surface area (Å²) in [4.78, 5) is 13.7. The van der Waals surface area contributed by atoms with E-state index in [2.05, 4.69) is 117 Å². The highest BCUT2D eigenvalue weighted by molar-refractivity contribution is 6.22. The molecular weight excluding hydrogens is 514 g/mol. The molecule has 0 spiro atoms. The summed E-state index contributed by atoms with van der Waals surface area (Å²) in [7, 11) is 0. The fourth-order valence-corrected chi connectivity index (χ4v) is 6.45. The Balaban J connectivity index is 1.36. The molecular formula is C37H23N5. The first-order valence-electron chi connectivity index (χ1n) is 14.0. The van der Waals surface area contributed by atoms with E-state index in [-0.39, 0.29) is 0 Å². The number of hydrogen-bond donors (Lipinski definition) is 0. The fraction of sp³-hybridized carbons (Fsp3) is 0. The topological polar surface area (TPSA) is 48.5 Å². The summed E-state index contributed by atoms with van der Waals surface area (Å²) < 4.78 is 4.68. The lowest BCUT2D eigenvalue weighted by atomic mass is 10.0. The van der Waals surface area contributed by atoms with E-state index in [0.29, 0.717) is 5.82 Å². The molecule has 0 aliphatic heterocycles. The summed E-state index contributed by atoms with van der Waals surface area (Å²) in [6.45, 7) is 0. The lowest BCUT2D eigenvalue weighted by Gasteiger charge is -2.11. The van der Waals surface area contributed by atoms with Gasteiger partial charge in [0.05, 0.1) is 40.1 Å². The number of benzene rings is 5. The van der Waals surface area contributed by atoms with Gasteiger partial charge in [-0.3, -0.25) is 4.98 Å². The van der Waals surface area contributed by atoms with Crippen LogP contribution in [0.5, 0.6) is 0 Å². The number of rotatable bonds is 3. The van der Waals surface area contributed by atoms with Crippen LogP contribution in [0.3, 0.4) is 0 Å². The summed E-state index contributed by atoms with van der Waals surface area (Å²) in [5, 5.41) is 7.33. The second-order valence-electron chi connectivity index (χ2n) is 10.6.